The summed E-state index contributed by atoms with van der Waals surface area (Å²) in [5.74, 6) is -0.339. The van der Waals surface area contributed by atoms with E-state index < -0.39 is 5.82 Å². The Kier molecular flexibility index (Phi) is 3.94. The molecule has 0 aliphatic carbocycles. The maximum atomic E-state index is 13.3. The molecule has 0 saturated carbocycles. The van der Waals surface area contributed by atoms with Crippen molar-refractivity contribution in [3.05, 3.63) is 59.0 Å². The molecule has 21 heavy (non-hydrogen) atoms. The summed E-state index contributed by atoms with van der Waals surface area (Å²) in [6.45, 7) is 0. The number of thioether (sulfide) groups is 1. The van der Waals surface area contributed by atoms with E-state index in [-0.39, 0.29) is 11.0 Å². The molecule has 3 nitrogen and oxygen atoms in total. The predicted octanol–water partition coefficient (Wildman–Crippen LogP) is 4.30. The van der Waals surface area contributed by atoms with Gasteiger partial charge in [-0.2, -0.15) is 4.39 Å². The maximum Gasteiger partial charge on any atom is 0.202 e. The normalized spacial score (nSPS) is 11.0. The van der Waals surface area contributed by atoms with E-state index in [2.05, 4.69) is 34.2 Å². The minimum atomic E-state index is -0.772. The third-order valence-corrected chi connectivity index (χ3v) is 4.17. The van der Waals surface area contributed by atoms with Crippen molar-refractivity contribution in [2.45, 2.75) is 10.9 Å². The molecule has 0 saturated heterocycles. The smallest absolute Gasteiger partial charge is 0.202 e. The molecule has 0 unspecified atom stereocenters. The molecule has 0 aliphatic rings. The minimum Gasteiger partial charge on any atom is -0.381 e. The van der Waals surface area contributed by atoms with Gasteiger partial charge in [0.15, 0.2) is 16.1 Å². The van der Waals surface area contributed by atoms with Gasteiger partial charge >= 0.3 is 0 Å². The standard InChI is InChI=1S/C15H11ClFN3S/c16-13-12(17)14(18)20-15(19-13)21-8-9-5-6-10-3-1-2-4-11(10)7-9/h1-7H,8H2,(H2,18,19,20). The highest BCUT2D eigenvalue weighted by Gasteiger charge is 2.10. The van der Waals surface area contributed by atoms with Crippen molar-refractivity contribution in [1.82, 2.24) is 9.97 Å². The molecule has 1 aromatic heterocycles. The fraction of sp³-hybridized carbons (Fsp3) is 0.0667. The van der Waals surface area contributed by atoms with Gasteiger partial charge in [-0.25, -0.2) is 9.97 Å². The molecule has 0 atom stereocenters. The number of halogens is 2. The second kappa shape index (κ2) is 5.87. The summed E-state index contributed by atoms with van der Waals surface area (Å²) in [6, 6.07) is 14.4. The van der Waals surface area contributed by atoms with Crippen LogP contribution in [0, 0.1) is 5.82 Å². The van der Waals surface area contributed by atoms with Gasteiger partial charge in [0, 0.05) is 5.75 Å². The van der Waals surface area contributed by atoms with E-state index in [4.69, 9.17) is 17.3 Å². The Labute approximate surface area is 130 Å². The lowest BCUT2D eigenvalue weighted by Crippen LogP contribution is -2.00. The van der Waals surface area contributed by atoms with E-state index in [1.165, 1.54) is 22.5 Å². The summed E-state index contributed by atoms with van der Waals surface area (Å²) in [5, 5.41) is 2.49. The molecule has 106 valence electrons. The Bertz CT molecular complexity index is 787. The van der Waals surface area contributed by atoms with Gasteiger partial charge in [0.2, 0.25) is 5.82 Å². The number of nitrogens with two attached hydrogens (primary N) is 1. The first-order valence-corrected chi connectivity index (χ1v) is 7.59. The number of fused-ring (bicyclic) bond motifs is 1. The number of anilines is 1. The van der Waals surface area contributed by atoms with Gasteiger partial charge in [0.25, 0.3) is 0 Å². The van der Waals surface area contributed by atoms with Crippen molar-refractivity contribution in [3.8, 4) is 0 Å². The third kappa shape index (κ3) is 3.09. The molecular formula is C15H11ClFN3S. The summed E-state index contributed by atoms with van der Waals surface area (Å²) in [6.07, 6.45) is 0. The van der Waals surface area contributed by atoms with Crippen molar-refractivity contribution < 1.29 is 4.39 Å². The zero-order chi connectivity index (χ0) is 14.8. The van der Waals surface area contributed by atoms with E-state index in [9.17, 15) is 4.39 Å². The van der Waals surface area contributed by atoms with Gasteiger partial charge in [-0.3, -0.25) is 0 Å². The Morgan fingerprint density at radius 2 is 1.86 bits per heavy atom. The molecule has 2 aromatic carbocycles. The second-order valence-electron chi connectivity index (χ2n) is 4.47. The molecule has 0 amide bonds. The second-order valence-corrected chi connectivity index (χ2v) is 5.77. The van der Waals surface area contributed by atoms with Crippen LogP contribution >= 0.6 is 23.4 Å². The lowest BCUT2D eigenvalue weighted by Gasteiger charge is -2.05. The number of nitrogen functional groups attached to an aromatic ring is 1. The van der Waals surface area contributed by atoms with Gasteiger partial charge in [-0.05, 0) is 16.3 Å². The largest absolute Gasteiger partial charge is 0.381 e. The highest BCUT2D eigenvalue weighted by molar-refractivity contribution is 7.98. The van der Waals surface area contributed by atoms with E-state index in [0.29, 0.717) is 10.9 Å². The van der Waals surface area contributed by atoms with Crippen molar-refractivity contribution in [2.75, 3.05) is 5.73 Å². The molecule has 0 bridgehead atoms. The Morgan fingerprint density at radius 3 is 2.62 bits per heavy atom. The number of hydrogen-bond donors (Lipinski definition) is 1. The van der Waals surface area contributed by atoms with Crippen LogP contribution in [0.4, 0.5) is 10.2 Å². The van der Waals surface area contributed by atoms with E-state index in [0.717, 1.165) is 5.56 Å². The number of hydrogen-bond acceptors (Lipinski definition) is 4. The van der Waals surface area contributed by atoms with E-state index in [1.807, 2.05) is 18.2 Å². The van der Waals surface area contributed by atoms with E-state index >= 15 is 0 Å². The minimum absolute atomic E-state index is 0.226. The molecule has 0 aliphatic heterocycles. The number of aromatic nitrogens is 2. The summed E-state index contributed by atoms with van der Waals surface area (Å²) >= 11 is 7.03. The quantitative estimate of drug-likeness (QED) is 0.444. The molecule has 0 fully saturated rings. The Morgan fingerprint density at radius 1 is 1.10 bits per heavy atom. The lowest BCUT2D eigenvalue weighted by atomic mass is 10.1. The first-order valence-electron chi connectivity index (χ1n) is 6.22. The van der Waals surface area contributed by atoms with Gasteiger partial charge in [-0.1, -0.05) is 65.8 Å². The highest BCUT2D eigenvalue weighted by atomic mass is 35.5. The molecule has 1 heterocycles. The first-order chi connectivity index (χ1) is 10.1. The van der Waals surface area contributed by atoms with Crippen LogP contribution in [0.5, 0.6) is 0 Å². The fourth-order valence-corrected chi connectivity index (χ4v) is 2.98. The molecule has 0 radical (unpaired) electrons. The SMILES string of the molecule is Nc1nc(SCc2ccc3ccccc3c2)nc(Cl)c1F. The fourth-order valence-electron chi connectivity index (χ4n) is 1.96. The number of nitrogens with zero attached hydrogens (tertiary/aromatic N) is 2. The van der Waals surface area contributed by atoms with Crippen LogP contribution in [-0.2, 0) is 5.75 Å². The molecule has 0 spiro atoms. The van der Waals surface area contributed by atoms with Crippen LogP contribution in [0.3, 0.4) is 0 Å². The summed E-state index contributed by atoms with van der Waals surface area (Å²) in [4.78, 5) is 7.75. The summed E-state index contributed by atoms with van der Waals surface area (Å²) in [7, 11) is 0. The summed E-state index contributed by atoms with van der Waals surface area (Å²) < 4.78 is 13.3. The van der Waals surface area contributed by atoms with Gasteiger partial charge in [0.1, 0.15) is 0 Å². The van der Waals surface area contributed by atoms with Crippen LogP contribution in [0.1, 0.15) is 5.56 Å². The zero-order valence-corrected chi connectivity index (χ0v) is 12.5. The molecule has 3 rings (SSSR count). The van der Waals surface area contributed by atoms with Crippen molar-refractivity contribution in [3.63, 3.8) is 0 Å². The molecule has 3 aromatic rings. The van der Waals surface area contributed by atoms with Gasteiger partial charge in [0.05, 0.1) is 0 Å². The van der Waals surface area contributed by atoms with Crippen LogP contribution in [0.15, 0.2) is 47.6 Å². The Hall–Kier alpha value is -1.85. The highest BCUT2D eigenvalue weighted by Crippen LogP contribution is 2.25. The predicted molar refractivity (Wildman–Crippen MR) is 84.9 cm³/mol. The van der Waals surface area contributed by atoms with Crippen molar-refractivity contribution in [1.29, 1.82) is 0 Å². The first kappa shape index (κ1) is 14.1. The van der Waals surface area contributed by atoms with Gasteiger partial charge < -0.3 is 5.73 Å². The van der Waals surface area contributed by atoms with Crippen molar-refractivity contribution in [2.24, 2.45) is 0 Å². The Balaban J connectivity index is 1.80. The topological polar surface area (TPSA) is 51.8 Å². The molecular weight excluding hydrogens is 309 g/mol. The van der Waals surface area contributed by atoms with E-state index in [1.54, 1.807) is 0 Å². The monoisotopic (exact) mass is 319 g/mol. The molecule has 6 heteroatoms. The molecule has 2 N–H and O–H groups in total. The van der Waals surface area contributed by atoms with Crippen LogP contribution in [0.25, 0.3) is 10.8 Å². The maximum absolute atomic E-state index is 13.3. The lowest BCUT2D eigenvalue weighted by molar-refractivity contribution is 0.613. The van der Waals surface area contributed by atoms with Crippen LogP contribution in [0.2, 0.25) is 5.15 Å². The zero-order valence-electron chi connectivity index (χ0n) is 10.9. The average molecular weight is 320 g/mol. The van der Waals surface area contributed by atoms with Crippen LogP contribution < -0.4 is 5.73 Å². The number of benzene rings is 2. The average Bonchev–Trinajstić information content (AvgIpc) is 2.50. The van der Waals surface area contributed by atoms with Crippen LogP contribution in [-0.4, -0.2) is 9.97 Å². The van der Waals surface area contributed by atoms with Crippen molar-refractivity contribution >= 4 is 40.0 Å². The third-order valence-electron chi connectivity index (χ3n) is 3.00. The van der Waals surface area contributed by atoms with Gasteiger partial charge in [-0.15, -0.1) is 0 Å². The summed E-state index contributed by atoms with van der Waals surface area (Å²) in [5.41, 5.74) is 6.57. The number of rotatable bonds is 3.